The second kappa shape index (κ2) is 42.5. The van der Waals surface area contributed by atoms with Gasteiger partial charge in [0.1, 0.15) is 101 Å². The van der Waals surface area contributed by atoms with Crippen LogP contribution in [0.5, 0.6) is 17.2 Å². The molecule has 0 radical (unpaired) electrons. The molecule has 6 saturated carbocycles. The van der Waals surface area contributed by atoms with Crippen LogP contribution in [0.4, 0.5) is 9.59 Å². The summed E-state index contributed by atoms with van der Waals surface area (Å²) < 4.78 is 30.1. The van der Waals surface area contributed by atoms with Gasteiger partial charge >= 0.3 is 18.2 Å². The smallest absolute Gasteiger partial charge is 0.419 e. The van der Waals surface area contributed by atoms with Gasteiger partial charge in [-0.15, -0.1) is 0 Å². The van der Waals surface area contributed by atoms with Crippen molar-refractivity contribution in [3.63, 3.8) is 0 Å². The first-order chi connectivity index (χ1) is 63.5. The number of amides is 5. The number of hydrogen-bond acceptors (Lipinski definition) is 23. The van der Waals surface area contributed by atoms with Gasteiger partial charge in [-0.2, -0.15) is 0 Å². The van der Waals surface area contributed by atoms with Crippen molar-refractivity contribution in [3.05, 3.63) is 162 Å². The minimum Gasteiger partial charge on any atom is -0.496 e. The number of carboxylic acids is 1. The summed E-state index contributed by atoms with van der Waals surface area (Å²) >= 11 is 0. The van der Waals surface area contributed by atoms with E-state index in [0.29, 0.717) is 103 Å². The van der Waals surface area contributed by atoms with Gasteiger partial charge < -0.3 is 80.2 Å². The predicted molar refractivity (Wildman–Crippen MR) is 483 cm³/mol. The minimum absolute atomic E-state index is 0.00195. The molecular weight excluding hydrogens is 1700 g/mol. The number of fused-ring (bicyclic) bond motifs is 6. The maximum absolute atomic E-state index is 14.5. The number of Topliss-reactive ketones (excluding diaryl/α,β-unsaturated/α-hetero) is 6. The largest absolute Gasteiger partial charge is 0.496 e. The molecule has 3 aromatic heterocycles. The Hall–Kier alpha value is -12.3. The maximum Gasteiger partial charge on any atom is 0.419 e. The Balaban J connectivity index is 0.000000150. The van der Waals surface area contributed by atoms with Crippen LogP contribution in [0.3, 0.4) is 0 Å². The number of nitrogens with zero attached hydrogens (tertiary/aromatic N) is 5. The molecule has 0 bridgehead atoms. The van der Waals surface area contributed by atoms with Gasteiger partial charge in [-0.1, -0.05) is 98.1 Å². The topological polar surface area (TPSA) is 452 Å². The minimum atomic E-state index is -1.33. The number of ketones is 6. The van der Waals surface area contributed by atoms with E-state index in [0.717, 1.165) is 106 Å². The van der Waals surface area contributed by atoms with Crippen LogP contribution in [-0.4, -0.2) is 227 Å². The highest BCUT2D eigenvalue weighted by atomic mass is 16.6. The Bertz CT molecular complexity index is 5640. The Morgan fingerprint density at radius 2 is 0.803 bits per heavy atom. The van der Waals surface area contributed by atoms with Crippen LogP contribution in [0.1, 0.15) is 198 Å². The van der Waals surface area contributed by atoms with E-state index in [1.54, 1.807) is 66.6 Å². The third-order valence-corrected chi connectivity index (χ3v) is 28.4. The van der Waals surface area contributed by atoms with Gasteiger partial charge in [0.05, 0.1) is 50.5 Å². The predicted octanol–water partition coefficient (Wildman–Crippen LogP) is 11.1. The lowest BCUT2D eigenvalue weighted by atomic mass is 9.91. The molecule has 3 saturated heterocycles. The van der Waals surface area contributed by atoms with Gasteiger partial charge in [0.25, 0.3) is 17.7 Å². The van der Waals surface area contributed by atoms with Gasteiger partial charge in [-0.25, -0.2) is 23.5 Å². The van der Waals surface area contributed by atoms with Crippen LogP contribution in [0.2, 0.25) is 0 Å². The molecule has 702 valence electrons. The molecule has 32 heteroatoms. The first kappa shape index (κ1) is 95.8. The van der Waals surface area contributed by atoms with Crippen molar-refractivity contribution in [1.29, 1.82) is 0 Å². The number of rotatable bonds is 27. The number of aliphatic hydroxyl groups excluding tert-OH is 3. The van der Waals surface area contributed by atoms with Gasteiger partial charge in [0.2, 0.25) is 11.8 Å². The van der Waals surface area contributed by atoms with Gasteiger partial charge in [-0.05, 0) is 218 Å². The van der Waals surface area contributed by atoms with Gasteiger partial charge in [0.15, 0.2) is 17.3 Å². The molecule has 6 heterocycles. The number of H-pyrrole nitrogens is 1. The zero-order valence-electron chi connectivity index (χ0n) is 75.3. The average molecular weight is 1820 g/mol. The highest BCUT2D eigenvalue weighted by Crippen LogP contribution is 2.47. The van der Waals surface area contributed by atoms with Gasteiger partial charge in [0, 0.05) is 78.3 Å². The number of nitrogens with one attached hydrogen (secondary N) is 3. The fourth-order valence-electron chi connectivity index (χ4n) is 21.7. The molecule has 32 nitrogen and oxygen atoms in total. The van der Waals surface area contributed by atoms with Crippen LogP contribution in [0.25, 0.3) is 32.7 Å². The molecule has 6 aliphatic carbocycles. The monoisotopic (exact) mass is 1810 g/mol. The Kier molecular flexibility index (Phi) is 30.9. The van der Waals surface area contributed by atoms with Crippen molar-refractivity contribution >= 4 is 115 Å². The summed E-state index contributed by atoms with van der Waals surface area (Å²) in [6, 6.07) is 34.1. The third-order valence-electron chi connectivity index (χ3n) is 28.4. The SMILES string of the molecule is CC(O)C(=O)[C@@H](N)C[C@@H]1CCCC1=O.COc1cccc2[nH]c(C(=O)N3C[C@@H]4CCC[C@@H]4[C@H]3C(=O)N[C@@H](C[C@@H]3CCCC3=O)C(=O)C(C)O)cc12.COc1cccc2c1cc(C(=O)N1C[C@@H]3CCC[C@@H]3[C@H]1C(=O)N[C@@H](C[C@@H]1CCCC1=O)C(=O)C(C)O)n2C(=O)OCc1ccccc1.COc1cccc2c1cc(C(=O)N1C[C@@H]3CCC[C@@H]3[C@H]1C(=O)O)n2C(=O)OCc1ccccc1. The molecule has 18 atom stereocenters. The molecule has 3 aliphatic heterocycles. The number of carbonyl (C=O) groups excluding carboxylic acids is 13. The number of aromatic amines is 1. The standard InChI is InChI=1S/C36H41N3O8.C28H35N3O6.C26H26N2O6.C10H17NO3/c1-21(40)33(42)27(17-23-11-7-15-30(23)41)37-34(43)32-25-13-6-12-24(25)19-38(32)35(44)29-18-26-28(14-8-16-31(26)46-2)39(29)36(45)47-20-22-9-4-3-5-10-22;1-15(32)26(34)21(12-16-6-4-10-23(16)33)30-27(35)25-18-8-3-7-17(18)14-31(25)28(36)22-13-19-20(29-22)9-5-11-24(19)37-2;1-33-22-12-6-11-20-19(22)13-21(28(20)26(32)34-15-16-7-3-2-4-8-16)24(29)27-14-17-9-5-10-18(17)23(27)25(30)31;1-6(12)10(14)8(11)5-7-3-2-4-9(7)13/h3-5,8-10,14,16,18,21,23-25,27,32,40H,6-7,11-13,15,17,19-20H2,1-2H3,(H,37,43);5,9,11,13,15-18,21,25,29,32H,3-4,6-8,10,12,14H2,1-2H3,(H,30,35);2-4,6-8,11-13,17-18,23H,5,9-10,14-15H2,1H3,(H,30,31);6-8,12H,2-5,11H2,1H3/t21?,23-,24-,25-,27-,32-;15?,16-,17-,18-,21-,25-;17-,18-,23-;6?,7-,8-/m0000/s1. The van der Waals surface area contributed by atoms with E-state index in [4.69, 9.17) is 34.5 Å². The lowest BCUT2D eigenvalue weighted by molar-refractivity contribution is -0.143. The number of carbonyl (C=O) groups is 14. The summed E-state index contributed by atoms with van der Waals surface area (Å²) in [6.07, 6.45) is 9.67. The molecule has 8 aromatic rings. The van der Waals surface area contributed by atoms with Gasteiger partial charge in [-0.3, -0.25) is 52.7 Å². The molecule has 5 aromatic carbocycles. The summed E-state index contributed by atoms with van der Waals surface area (Å²) in [5, 5.41) is 46.7. The van der Waals surface area contributed by atoms with E-state index in [9.17, 15) is 82.4 Å². The number of likely N-dealkylation sites (tertiary alicyclic amines) is 3. The number of carboxylic acid groups (broad SMARTS) is 1. The first-order valence-electron chi connectivity index (χ1n) is 46.2. The summed E-state index contributed by atoms with van der Waals surface area (Å²) in [6.45, 7) is 5.33. The second-order valence-corrected chi connectivity index (χ2v) is 36.6. The summed E-state index contributed by atoms with van der Waals surface area (Å²) in [7, 11) is 4.60. The van der Waals surface area contributed by atoms with Crippen LogP contribution in [-0.2, 0) is 65.8 Å². The van der Waals surface area contributed by atoms with E-state index < -0.39 is 102 Å². The van der Waals surface area contributed by atoms with E-state index in [-0.39, 0.29) is 126 Å². The summed E-state index contributed by atoms with van der Waals surface area (Å²) in [5.41, 5.74) is 9.35. The van der Waals surface area contributed by atoms with Crippen LogP contribution in [0, 0.1) is 53.3 Å². The number of ether oxygens (including phenoxy) is 5. The van der Waals surface area contributed by atoms with Crippen molar-refractivity contribution in [2.45, 2.75) is 223 Å². The summed E-state index contributed by atoms with van der Waals surface area (Å²) in [5.74, 6) is -3.04. The third kappa shape index (κ3) is 20.8. The zero-order valence-corrected chi connectivity index (χ0v) is 75.3. The van der Waals surface area contributed by atoms with Crippen molar-refractivity contribution in [2.24, 2.45) is 59.0 Å². The normalized spacial score (nSPS) is 24.1. The van der Waals surface area contributed by atoms with E-state index in [1.165, 1.54) is 53.9 Å². The van der Waals surface area contributed by atoms with E-state index in [1.807, 2.05) is 78.9 Å². The Labute approximate surface area is 764 Å². The fourth-order valence-corrected chi connectivity index (χ4v) is 21.7. The zero-order chi connectivity index (χ0) is 94.0. The molecule has 3 unspecified atom stereocenters. The Morgan fingerprint density at radius 1 is 0.432 bits per heavy atom. The molecule has 9 aliphatic rings. The molecule has 132 heavy (non-hydrogen) atoms. The molecule has 0 spiro atoms. The van der Waals surface area contributed by atoms with Crippen LogP contribution in [0.15, 0.2) is 133 Å². The highest BCUT2D eigenvalue weighted by Gasteiger charge is 2.54. The Morgan fingerprint density at radius 3 is 1.18 bits per heavy atom. The van der Waals surface area contributed by atoms with Crippen molar-refractivity contribution in [3.8, 4) is 17.2 Å². The lowest BCUT2D eigenvalue weighted by Crippen LogP contribution is -2.54. The van der Waals surface area contributed by atoms with E-state index in [2.05, 4.69) is 15.6 Å². The molecule has 17 rings (SSSR count). The molecule has 5 amide bonds. The van der Waals surface area contributed by atoms with Crippen molar-refractivity contribution < 1.29 is 111 Å². The quantitative estimate of drug-likeness (QED) is 0.0237. The average Bonchev–Trinajstić information content (AvgIpc) is 1.55. The fraction of sp³-hybridized carbons (Fsp3) is 0.500. The number of nitrogens with two attached hydrogens (primary N) is 1. The molecular formula is C100H119N9O23. The van der Waals surface area contributed by atoms with Crippen molar-refractivity contribution in [2.75, 3.05) is 41.0 Å². The molecule has 9 N–H and O–H groups in total. The summed E-state index contributed by atoms with van der Waals surface area (Å²) in [4.78, 5) is 190. The number of aliphatic carboxylic acids is 1. The molecule has 9 fully saturated rings. The number of aromatic nitrogens is 3. The second-order valence-electron chi connectivity index (χ2n) is 36.6. The first-order valence-corrected chi connectivity index (χ1v) is 46.2. The van der Waals surface area contributed by atoms with E-state index >= 15 is 0 Å². The highest BCUT2D eigenvalue weighted by molar-refractivity contribution is 6.09. The maximum atomic E-state index is 14.5. The number of benzene rings is 5. The van der Waals surface area contributed by atoms with Crippen molar-refractivity contribution in [1.82, 2.24) is 39.5 Å². The number of hydrogen-bond donors (Lipinski definition) is 8. The van der Waals surface area contributed by atoms with Crippen LogP contribution < -0.4 is 30.6 Å². The van der Waals surface area contributed by atoms with Crippen LogP contribution >= 0.6 is 0 Å². The number of aliphatic hydroxyl groups is 3. The number of methoxy groups -OCH3 is 3. The lowest BCUT2D eigenvalue weighted by Gasteiger charge is -2.30.